The van der Waals surface area contributed by atoms with E-state index < -0.39 is 17.2 Å². The molecule has 0 bridgehead atoms. The van der Waals surface area contributed by atoms with E-state index in [1.54, 1.807) is 6.92 Å². The summed E-state index contributed by atoms with van der Waals surface area (Å²) < 4.78 is 41.2. The first kappa shape index (κ1) is 18.5. The van der Waals surface area contributed by atoms with Crippen LogP contribution in [0.3, 0.4) is 0 Å². The minimum absolute atomic E-state index is 0.0861. The van der Waals surface area contributed by atoms with Crippen molar-refractivity contribution in [1.29, 1.82) is 0 Å². The van der Waals surface area contributed by atoms with Crippen LogP contribution in [-0.4, -0.2) is 22.7 Å². The molecule has 4 rings (SSSR count). The van der Waals surface area contributed by atoms with Gasteiger partial charge in [-0.05, 0) is 80.1 Å². The van der Waals surface area contributed by atoms with Crippen LogP contribution in [0.25, 0.3) is 0 Å². The van der Waals surface area contributed by atoms with Crippen LogP contribution in [0, 0.1) is 34.5 Å². The Kier molecular flexibility index (Phi) is 3.82. The SMILES string of the molecule is CC1=C[C@@]2(C)[C@@H](CC[C@@H]3[C@@H]2CC[C@@]2(C)[C@H]3CC[C@@]2(O)C(F)(F)F)CC1=O. The van der Waals surface area contributed by atoms with E-state index >= 15 is 0 Å². The first-order valence-corrected chi connectivity index (χ1v) is 9.96. The zero-order valence-corrected chi connectivity index (χ0v) is 15.8. The third kappa shape index (κ3) is 2.12. The molecule has 4 aliphatic rings. The molecule has 3 saturated carbocycles. The Hall–Kier alpha value is -0.840. The molecule has 4 aliphatic carbocycles. The molecule has 0 aromatic heterocycles. The number of halogens is 3. The van der Waals surface area contributed by atoms with Crippen LogP contribution in [0.1, 0.15) is 65.7 Å². The Morgan fingerprint density at radius 1 is 1.08 bits per heavy atom. The number of Topliss-reactive ketones (excluding diaryl/α,β-unsaturated/α-hetero) is 1. The van der Waals surface area contributed by atoms with E-state index in [-0.39, 0.29) is 29.5 Å². The summed E-state index contributed by atoms with van der Waals surface area (Å²) in [5.41, 5.74) is -2.92. The van der Waals surface area contributed by atoms with Crippen LogP contribution in [0.5, 0.6) is 0 Å². The molecule has 0 aliphatic heterocycles. The number of alkyl halides is 3. The van der Waals surface area contributed by atoms with Gasteiger partial charge in [0, 0.05) is 11.8 Å². The number of fused-ring (bicyclic) bond motifs is 5. The van der Waals surface area contributed by atoms with Gasteiger partial charge in [-0.1, -0.05) is 19.9 Å². The Balaban J connectivity index is 1.71. The fourth-order valence-electron chi connectivity index (χ4n) is 7.43. The molecule has 26 heavy (non-hydrogen) atoms. The number of ketones is 1. The van der Waals surface area contributed by atoms with Crippen molar-refractivity contribution in [2.45, 2.75) is 77.5 Å². The lowest BCUT2D eigenvalue weighted by atomic mass is 9.45. The van der Waals surface area contributed by atoms with Crippen molar-refractivity contribution in [3.8, 4) is 0 Å². The molecule has 0 spiro atoms. The highest BCUT2D eigenvalue weighted by Crippen LogP contribution is 2.69. The van der Waals surface area contributed by atoms with Crippen LogP contribution in [-0.2, 0) is 4.79 Å². The lowest BCUT2D eigenvalue weighted by molar-refractivity contribution is -0.303. The summed E-state index contributed by atoms with van der Waals surface area (Å²) >= 11 is 0. The summed E-state index contributed by atoms with van der Waals surface area (Å²) in [4.78, 5) is 12.2. The summed E-state index contributed by atoms with van der Waals surface area (Å²) in [6, 6.07) is 0. The first-order chi connectivity index (χ1) is 11.9. The molecule has 0 aromatic carbocycles. The molecule has 0 saturated heterocycles. The lowest BCUT2D eigenvalue weighted by Gasteiger charge is -2.60. The van der Waals surface area contributed by atoms with E-state index in [1.165, 1.54) is 0 Å². The predicted molar refractivity (Wildman–Crippen MR) is 92.3 cm³/mol. The largest absolute Gasteiger partial charge is 0.417 e. The zero-order valence-electron chi connectivity index (χ0n) is 15.8. The summed E-state index contributed by atoms with van der Waals surface area (Å²) in [5, 5.41) is 10.7. The molecular formula is C21H29F3O2. The highest BCUT2D eigenvalue weighted by atomic mass is 19.4. The van der Waals surface area contributed by atoms with E-state index in [1.807, 2.05) is 6.92 Å². The van der Waals surface area contributed by atoms with Gasteiger partial charge in [0.15, 0.2) is 11.4 Å². The highest BCUT2D eigenvalue weighted by molar-refractivity contribution is 5.96. The zero-order chi connectivity index (χ0) is 19.1. The maximum Gasteiger partial charge on any atom is 0.417 e. The lowest BCUT2D eigenvalue weighted by Crippen LogP contribution is -2.60. The second kappa shape index (κ2) is 5.36. The molecule has 0 radical (unpaired) electrons. The minimum atomic E-state index is -4.57. The van der Waals surface area contributed by atoms with Gasteiger partial charge in [-0.15, -0.1) is 0 Å². The molecule has 0 aromatic rings. The van der Waals surface area contributed by atoms with Crippen molar-refractivity contribution >= 4 is 5.78 Å². The van der Waals surface area contributed by atoms with Gasteiger partial charge in [0.25, 0.3) is 0 Å². The van der Waals surface area contributed by atoms with Crippen molar-refractivity contribution in [2.24, 2.45) is 34.5 Å². The second-order valence-electron chi connectivity index (χ2n) is 9.82. The van der Waals surface area contributed by atoms with E-state index in [0.717, 1.165) is 18.4 Å². The van der Waals surface area contributed by atoms with Gasteiger partial charge < -0.3 is 5.11 Å². The van der Waals surface area contributed by atoms with Gasteiger partial charge >= 0.3 is 6.18 Å². The summed E-state index contributed by atoms with van der Waals surface area (Å²) in [5.74, 6) is 0.977. The maximum atomic E-state index is 13.7. The summed E-state index contributed by atoms with van der Waals surface area (Å²) in [6.07, 6.45) is 1.34. The number of carbonyl (C=O) groups excluding carboxylic acids is 1. The number of carbonyl (C=O) groups is 1. The molecule has 0 unspecified atom stereocenters. The first-order valence-electron chi connectivity index (χ1n) is 9.96. The molecule has 0 amide bonds. The summed E-state index contributed by atoms with van der Waals surface area (Å²) in [7, 11) is 0. The van der Waals surface area contributed by atoms with Crippen LogP contribution < -0.4 is 0 Å². The number of allylic oxidation sites excluding steroid dienone is 2. The normalized spacial score (nSPS) is 51.3. The third-order valence-electron chi connectivity index (χ3n) is 8.98. The van der Waals surface area contributed by atoms with Gasteiger partial charge in [0.2, 0.25) is 0 Å². The molecule has 146 valence electrons. The number of hydrogen-bond donors (Lipinski definition) is 1. The Morgan fingerprint density at radius 2 is 1.73 bits per heavy atom. The smallest absolute Gasteiger partial charge is 0.380 e. The molecule has 2 nitrogen and oxygen atoms in total. The standard InChI is InChI=1S/C21H29F3O2/c1-12-11-18(2)13(10-17(12)25)4-5-14-15(18)6-8-19(3)16(14)7-9-20(19,26)21(22,23)24/h11,13-16,26H,4-10H2,1-3H3/t13-,14+,15-,16-,18-,19-,20-/m0/s1. The van der Waals surface area contributed by atoms with Crippen molar-refractivity contribution < 1.29 is 23.1 Å². The van der Waals surface area contributed by atoms with Crippen LogP contribution >= 0.6 is 0 Å². The van der Waals surface area contributed by atoms with E-state index in [2.05, 4.69) is 13.0 Å². The van der Waals surface area contributed by atoms with Gasteiger partial charge in [-0.25, -0.2) is 0 Å². The van der Waals surface area contributed by atoms with E-state index in [0.29, 0.717) is 37.5 Å². The van der Waals surface area contributed by atoms with Crippen molar-refractivity contribution in [2.75, 3.05) is 0 Å². The minimum Gasteiger partial charge on any atom is -0.380 e. The average Bonchev–Trinajstić information content (AvgIpc) is 2.82. The van der Waals surface area contributed by atoms with Gasteiger partial charge in [0.1, 0.15) is 0 Å². The fourth-order valence-corrected chi connectivity index (χ4v) is 7.43. The Labute approximate surface area is 153 Å². The van der Waals surface area contributed by atoms with Crippen molar-refractivity contribution in [3.63, 3.8) is 0 Å². The molecule has 0 heterocycles. The van der Waals surface area contributed by atoms with Gasteiger partial charge in [-0.3, -0.25) is 4.79 Å². The quantitative estimate of drug-likeness (QED) is 0.647. The van der Waals surface area contributed by atoms with Crippen molar-refractivity contribution in [1.82, 2.24) is 0 Å². The fraction of sp³-hybridized carbons (Fsp3) is 0.857. The van der Waals surface area contributed by atoms with Crippen LogP contribution in [0.2, 0.25) is 0 Å². The van der Waals surface area contributed by atoms with Gasteiger partial charge in [0.05, 0.1) is 0 Å². The van der Waals surface area contributed by atoms with Crippen molar-refractivity contribution in [3.05, 3.63) is 11.6 Å². The predicted octanol–water partition coefficient (Wildman–Crippen LogP) is 5.06. The molecular weight excluding hydrogens is 341 g/mol. The van der Waals surface area contributed by atoms with E-state index in [4.69, 9.17) is 0 Å². The number of hydrogen-bond acceptors (Lipinski definition) is 2. The molecule has 3 fully saturated rings. The second-order valence-corrected chi connectivity index (χ2v) is 9.82. The Bertz CT molecular complexity index is 669. The molecule has 5 heteroatoms. The van der Waals surface area contributed by atoms with E-state index in [9.17, 15) is 23.1 Å². The number of aliphatic hydroxyl groups is 1. The topological polar surface area (TPSA) is 37.3 Å². The highest BCUT2D eigenvalue weighted by Gasteiger charge is 2.72. The maximum absolute atomic E-state index is 13.7. The molecule has 1 N–H and O–H groups in total. The van der Waals surface area contributed by atoms with Crippen LogP contribution in [0.4, 0.5) is 13.2 Å². The molecule has 7 atom stereocenters. The average molecular weight is 370 g/mol. The number of rotatable bonds is 0. The third-order valence-corrected chi connectivity index (χ3v) is 8.98. The summed E-state index contributed by atoms with van der Waals surface area (Å²) in [6.45, 7) is 5.77. The van der Waals surface area contributed by atoms with Crippen LogP contribution in [0.15, 0.2) is 11.6 Å². The van der Waals surface area contributed by atoms with Gasteiger partial charge in [-0.2, -0.15) is 13.2 Å². The monoisotopic (exact) mass is 370 g/mol. The Morgan fingerprint density at radius 3 is 2.38 bits per heavy atom.